The summed E-state index contributed by atoms with van der Waals surface area (Å²) in [6.45, 7) is 12.2. The van der Waals surface area contributed by atoms with Gasteiger partial charge in [0.05, 0.1) is 62.3 Å². The van der Waals surface area contributed by atoms with E-state index in [1.165, 1.54) is 0 Å². The second kappa shape index (κ2) is 35.2. The topological polar surface area (TPSA) is 199 Å². The third-order valence-corrected chi connectivity index (χ3v) is 10.1. The van der Waals surface area contributed by atoms with Gasteiger partial charge in [0.25, 0.3) is 0 Å². The van der Waals surface area contributed by atoms with Gasteiger partial charge in [0.2, 0.25) is 0 Å². The molecule has 0 aromatic carbocycles. The van der Waals surface area contributed by atoms with E-state index in [1.807, 2.05) is 9.80 Å². The lowest BCUT2D eigenvalue weighted by Gasteiger charge is -2.32. The molecule has 0 aliphatic heterocycles. The summed E-state index contributed by atoms with van der Waals surface area (Å²) in [6.07, 6.45) is 6.09. The number of hydrogen-bond acceptors (Lipinski definition) is 12. The van der Waals surface area contributed by atoms with E-state index < -0.39 is 46.6 Å². The third-order valence-electron chi connectivity index (χ3n) is 8.86. The van der Waals surface area contributed by atoms with Gasteiger partial charge >= 0.3 is 0 Å². The van der Waals surface area contributed by atoms with Crippen LogP contribution in [0.25, 0.3) is 0 Å². The molecule has 8 unspecified atom stereocenters. The van der Waals surface area contributed by atoms with E-state index >= 15 is 0 Å². The van der Waals surface area contributed by atoms with E-state index in [4.69, 9.17) is 28.1 Å². The first kappa shape index (κ1) is 51.8. The molecule has 0 rings (SSSR count). The summed E-state index contributed by atoms with van der Waals surface area (Å²) in [7, 11) is 0. The molecule has 0 bridgehead atoms. The first-order valence-electron chi connectivity index (χ1n) is 19.6. The predicted molar refractivity (Wildman–Crippen MR) is 207 cm³/mol. The Bertz CT molecular complexity index is 787. The van der Waals surface area contributed by atoms with Gasteiger partial charge in [0, 0.05) is 65.7 Å². The summed E-state index contributed by atoms with van der Waals surface area (Å²) >= 11 is -3.80. The molecule has 0 saturated carbocycles. The Morgan fingerprint density at radius 3 is 1.12 bits per heavy atom. The molecule has 314 valence electrons. The Morgan fingerprint density at radius 1 is 0.500 bits per heavy atom. The van der Waals surface area contributed by atoms with Crippen molar-refractivity contribution in [2.24, 2.45) is 11.8 Å². The van der Waals surface area contributed by atoms with Gasteiger partial charge in [0.15, 0.2) is 22.2 Å². The molecule has 0 aliphatic rings. The lowest BCUT2D eigenvalue weighted by Crippen LogP contribution is -2.47. The lowest BCUT2D eigenvalue weighted by atomic mass is 10.0. The molecule has 0 spiro atoms. The minimum atomic E-state index is -1.90. The highest BCUT2D eigenvalue weighted by Gasteiger charge is 2.21. The van der Waals surface area contributed by atoms with Gasteiger partial charge in [-0.25, -0.2) is 8.42 Å². The van der Waals surface area contributed by atoms with Crippen molar-refractivity contribution >= 4 is 22.2 Å². The third kappa shape index (κ3) is 32.1. The molecule has 16 heteroatoms. The monoisotopic (exact) mass is 792 g/mol. The maximum absolute atomic E-state index is 10.9. The number of unbranched alkanes of at least 4 members (excludes halogenated alkanes) is 2. The van der Waals surface area contributed by atoms with Gasteiger partial charge in [-0.2, -0.15) is 0 Å². The summed E-state index contributed by atoms with van der Waals surface area (Å²) in [5.74, 6) is 1.06. The Kier molecular flexibility index (Phi) is 35.1. The van der Waals surface area contributed by atoms with Crippen molar-refractivity contribution in [3.63, 3.8) is 0 Å². The van der Waals surface area contributed by atoms with Gasteiger partial charge in [0.1, 0.15) is 0 Å². The summed E-state index contributed by atoms with van der Waals surface area (Å²) in [4.78, 5) is 3.82. The van der Waals surface area contributed by atoms with Crippen molar-refractivity contribution < 1.29 is 56.9 Å². The number of rotatable bonds is 39. The van der Waals surface area contributed by atoms with Crippen LogP contribution in [0.15, 0.2) is 0 Å². The highest BCUT2D eigenvalue weighted by molar-refractivity contribution is 7.79. The van der Waals surface area contributed by atoms with Crippen LogP contribution in [0.4, 0.5) is 0 Å². The van der Waals surface area contributed by atoms with Crippen LogP contribution in [-0.2, 0) is 41.1 Å². The summed E-state index contributed by atoms with van der Waals surface area (Å²) < 4.78 is 62.6. The molecule has 6 N–H and O–H groups in total. The average molecular weight is 793 g/mol. The Hall–Kier alpha value is -0.180. The standard InChI is InChI=1S/C36H76N2O12S2/c1-5-9-13-31(7-3)25-49-29-35(41)23-37(21-33(39)27-47-17-11-19-51(43)44)15-16-38(22-34(40)28-48-18-12-20-52(45)46)24-36(42)30-50-26-32(8-4)14-10-6-2/h31-36,39-42H,5-30H2,1-4H3,(H,43,44)(H,45,46). The first-order valence-corrected chi connectivity index (χ1v) is 22.1. The fourth-order valence-corrected chi connectivity index (χ4v) is 6.48. The molecule has 0 amide bonds. The van der Waals surface area contributed by atoms with Gasteiger partial charge in [-0.15, -0.1) is 0 Å². The summed E-state index contributed by atoms with van der Waals surface area (Å²) in [5, 5.41) is 43.5. The van der Waals surface area contributed by atoms with Gasteiger partial charge < -0.3 is 48.5 Å². The number of hydrogen-bond donors (Lipinski definition) is 6. The van der Waals surface area contributed by atoms with Gasteiger partial charge in [-0.1, -0.05) is 66.2 Å². The van der Waals surface area contributed by atoms with Crippen molar-refractivity contribution in [1.82, 2.24) is 9.80 Å². The van der Waals surface area contributed by atoms with Crippen LogP contribution < -0.4 is 0 Å². The van der Waals surface area contributed by atoms with Gasteiger partial charge in [-0.05, 0) is 37.5 Å². The molecule has 0 saturated heterocycles. The summed E-state index contributed by atoms with van der Waals surface area (Å²) in [5.41, 5.74) is 0. The zero-order valence-electron chi connectivity index (χ0n) is 32.7. The molecular weight excluding hydrogens is 717 g/mol. The smallest absolute Gasteiger partial charge is 0.152 e. The maximum Gasteiger partial charge on any atom is 0.152 e. The Balaban J connectivity index is 5.49. The van der Waals surface area contributed by atoms with Crippen LogP contribution in [-0.4, -0.2) is 176 Å². The van der Waals surface area contributed by atoms with Crippen molar-refractivity contribution in [1.29, 1.82) is 0 Å². The molecule has 0 radical (unpaired) electrons. The van der Waals surface area contributed by atoms with Crippen molar-refractivity contribution in [2.75, 3.05) is 104 Å². The molecule has 14 nitrogen and oxygen atoms in total. The predicted octanol–water partition coefficient (Wildman–Crippen LogP) is 2.76. The minimum absolute atomic E-state index is 0.0213. The van der Waals surface area contributed by atoms with E-state index in [9.17, 15) is 28.8 Å². The van der Waals surface area contributed by atoms with Crippen LogP contribution in [0.2, 0.25) is 0 Å². The molecule has 0 heterocycles. The summed E-state index contributed by atoms with van der Waals surface area (Å²) in [6, 6.07) is 0. The largest absolute Gasteiger partial charge is 0.389 e. The highest BCUT2D eigenvalue weighted by Crippen LogP contribution is 2.14. The minimum Gasteiger partial charge on any atom is -0.389 e. The SMILES string of the molecule is CCCCC(CC)COCC(O)CN(CCN(CC(O)COCCCS(=O)O)CC(O)COCC(CC)CCCC)CC(O)COCCCS(=O)O. The highest BCUT2D eigenvalue weighted by atomic mass is 32.2. The van der Waals surface area contributed by atoms with Crippen molar-refractivity contribution in [3.8, 4) is 0 Å². The maximum atomic E-state index is 10.9. The van der Waals surface area contributed by atoms with Crippen LogP contribution in [0, 0.1) is 11.8 Å². The molecule has 0 fully saturated rings. The normalized spacial score (nSPS) is 16.9. The fourth-order valence-electron chi connectivity index (χ4n) is 5.75. The van der Waals surface area contributed by atoms with Crippen LogP contribution >= 0.6 is 0 Å². The van der Waals surface area contributed by atoms with Crippen LogP contribution in [0.1, 0.15) is 91.9 Å². The fraction of sp³-hybridized carbons (Fsp3) is 1.00. The Morgan fingerprint density at radius 2 is 0.827 bits per heavy atom. The number of nitrogens with zero attached hydrogens (tertiary/aromatic N) is 2. The molecular formula is C36H76N2O12S2. The average Bonchev–Trinajstić information content (AvgIpc) is 3.09. The van der Waals surface area contributed by atoms with Crippen LogP contribution in [0.5, 0.6) is 0 Å². The molecule has 8 atom stereocenters. The van der Waals surface area contributed by atoms with Gasteiger partial charge in [-0.3, -0.25) is 9.80 Å². The zero-order chi connectivity index (χ0) is 39.0. The first-order chi connectivity index (χ1) is 24.9. The van der Waals surface area contributed by atoms with E-state index in [1.54, 1.807) is 0 Å². The quantitative estimate of drug-likeness (QED) is 0.0393. The molecule has 0 aromatic heterocycles. The van der Waals surface area contributed by atoms with Crippen LogP contribution in [0.3, 0.4) is 0 Å². The van der Waals surface area contributed by atoms with E-state index in [0.29, 0.717) is 51.0 Å². The number of ether oxygens (including phenoxy) is 4. The number of aliphatic hydroxyl groups excluding tert-OH is 4. The zero-order valence-corrected chi connectivity index (χ0v) is 34.3. The van der Waals surface area contributed by atoms with E-state index in [2.05, 4.69) is 27.7 Å². The van der Waals surface area contributed by atoms with Crippen molar-refractivity contribution in [3.05, 3.63) is 0 Å². The second-order valence-electron chi connectivity index (χ2n) is 14.0. The number of aliphatic hydroxyl groups is 4. The van der Waals surface area contributed by atoms with Crippen molar-refractivity contribution in [2.45, 2.75) is 116 Å². The van der Waals surface area contributed by atoms with E-state index in [0.717, 1.165) is 51.4 Å². The lowest BCUT2D eigenvalue weighted by molar-refractivity contribution is -0.0284. The molecule has 0 aromatic rings. The van der Waals surface area contributed by atoms with E-state index in [-0.39, 0.29) is 77.3 Å². The Labute approximate surface area is 319 Å². The second-order valence-corrected chi connectivity index (χ2v) is 16.1. The molecule has 0 aliphatic carbocycles. The molecule has 52 heavy (non-hydrogen) atoms.